The Morgan fingerprint density at radius 1 is 1.11 bits per heavy atom. The van der Waals surface area contributed by atoms with Gasteiger partial charge in [0.15, 0.2) is 11.6 Å². The number of alkyl halides is 2. The van der Waals surface area contributed by atoms with Crippen molar-refractivity contribution in [2.75, 3.05) is 10.0 Å². The van der Waals surface area contributed by atoms with Gasteiger partial charge in [-0.25, -0.2) is 17.8 Å². The van der Waals surface area contributed by atoms with Crippen LogP contribution in [0.1, 0.15) is 10.4 Å². The molecule has 36 heavy (non-hydrogen) atoms. The second kappa shape index (κ2) is 9.91. The Morgan fingerprint density at radius 2 is 1.86 bits per heavy atom. The highest BCUT2D eigenvalue weighted by Crippen LogP contribution is 2.37. The van der Waals surface area contributed by atoms with E-state index < -0.39 is 27.5 Å². The molecule has 0 unspecified atom stereocenters. The number of sulfonamides is 1. The van der Waals surface area contributed by atoms with Crippen LogP contribution in [0.4, 0.5) is 30.5 Å². The van der Waals surface area contributed by atoms with Gasteiger partial charge in [-0.1, -0.05) is 6.07 Å². The molecule has 0 fully saturated rings. The molecular formula is C21H16F3N7O4S. The lowest BCUT2D eigenvalue weighted by atomic mass is 10.1. The Kier molecular flexibility index (Phi) is 6.73. The summed E-state index contributed by atoms with van der Waals surface area (Å²) in [6.45, 7) is 0. The Labute approximate surface area is 201 Å². The van der Waals surface area contributed by atoms with Crippen molar-refractivity contribution in [2.45, 2.75) is 5.76 Å². The topological polar surface area (TPSA) is 165 Å². The number of rotatable bonds is 9. The first kappa shape index (κ1) is 24.5. The average molecular weight is 519 g/mol. The van der Waals surface area contributed by atoms with Gasteiger partial charge in [0.05, 0.1) is 17.6 Å². The second-order valence-electron chi connectivity index (χ2n) is 7.08. The van der Waals surface area contributed by atoms with Gasteiger partial charge in [0.1, 0.15) is 22.9 Å². The summed E-state index contributed by atoms with van der Waals surface area (Å²) in [6.07, 6.45) is 4.25. The number of primary amides is 1. The third-order valence-corrected chi connectivity index (χ3v) is 5.59. The minimum atomic E-state index is -5.04. The molecule has 5 N–H and O–H groups in total. The fraction of sp³-hybridized carbons (Fsp3) is 0.0476. The number of benzene rings is 2. The van der Waals surface area contributed by atoms with Crippen molar-refractivity contribution in [3.05, 3.63) is 72.4 Å². The molecule has 2 aromatic heterocycles. The van der Waals surface area contributed by atoms with E-state index in [1.165, 1.54) is 42.9 Å². The molecule has 0 radical (unpaired) electrons. The Balaban J connectivity index is 1.77. The van der Waals surface area contributed by atoms with Crippen LogP contribution in [0.2, 0.25) is 0 Å². The first-order valence-electron chi connectivity index (χ1n) is 9.93. The summed E-state index contributed by atoms with van der Waals surface area (Å²) in [6, 6.07) is 8.42. The number of nitrogens with one attached hydrogen (secondary N) is 3. The van der Waals surface area contributed by atoms with Gasteiger partial charge in [-0.05, 0) is 36.4 Å². The van der Waals surface area contributed by atoms with E-state index in [1.54, 1.807) is 4.72 Å². The number of hydrogen-bond donors (Lipinski definition) is 4. The molecule has 0 aliphatic heterocycles. The summed E-state index contributed by atoms with van der Waals surface area (Å²) in [5.41, 5.74) is 5.50. The third kappa shape index (κ3) is 5.35. The minimum Gasteiger partial charge on any atom is -0.455 e. The number of carbonyl (C=O) groups is 1. The number of carbonyl (C=O) groups excluding carboxylic acids is 1. The number of ether oxygens (including phenoxy) is 1. The lowest BCUT2D eigenvalue weighted by Crippen LogP contribution is -2.20. The zero-order chi connectivity index (χ0) is 25.9. The van der Waals surface area contributed by atoms with Crippen LogP contribution in [0.5, 0.6) is 11.5 Å². The molecule has 11 nitrogen and oxygen atoms in total. The van der Waals surface area contributed by atoms with E-state index in [4.69, 9.17) is 10.5 Å². The van der Waals surface area contributed by atoms with Gasteiger partial charge in [-0.2, -0.15) is 13.9 Å². The maximum Gasteiger partial charge on any atom is 0.355 e. The van der Waals surface area contributed by atoms with E-state index in [0.717, 1.165) is 18.2 Å². The van der Waals surface area contributed by atoms with Crippen molar-refractivity contribution in [3.8, 4) is 22.8 Å². The predicted molar refractivity (Wildman–Crippen MR) is 123 cm³/mol. The van der Waals surface area contributed by atoms with Crippen molar-refractivity contribution in [1.29, 1.82) is 0 Å². The van der Waals surface area contributed by atoms with E-state index in [0.29, 0.717) is 0 Å². The van der Waals surface area contributed by atoms with E-state index in [-0.39, 0.29) is 45.6 Å². The lowest BCUT2D eigenvalue weighted by molar-refractivity contribution is 0.100. The maximum atomic E-state index is 13.3. The van der Waals surface area contributed by atoms with Crippen LogP contribution in [-0.2, 0) is 10.0 Å². The second-order valence-corrected chi connectivity index (χ2v) is 8.73. The fourth-order valence-electron chi connectivity index (χ4n) is 3.04. The zero-order valence-corrected chi connectivity index (χ0v) is 18.8. The molecular weight excluding hydrogens is 503 g/mol. The van der Waals surface area contributed by atoms with Gasteiger partial charge in [-0.3, -0.25) is 19.6 Å². The van der Waals surface area contributed by atoms with Crippen LogP contribution in [0.3, 0.4) is 0 Å². The van der Waals surface area contributed by atoms with Gasteiger partial charge in [-0.15, -0.1) is 0 Å². The normalized spacial score (nSPS) is 11.3. The largest absolute Gasteiger partial charge is 0.455 e. The van der Waals surface area contributed by atoms with E-state index in [9.17, 15) is 26.4 Å². The van der Waals surface area contributed by atoms with Crippen LogP contribution in [0.15, 0.2) is 61.1 Å². The molecule has 0 saturated heterocycles. The molecule has 0 spiro atoms. The van der Waals surface area contributed by atoms with Gasteiger partial charge < -0.3 is 15.8 Å². The van der Waals surface area contributed by atoms with Crippen LogP contribution in [0.25, 0.3) is 11.3 Å². The molecule has 0 bridgehead atoms. The van der Waals surface area contributed by atoms with Gasteiger partial charge in [0.2, 0.25) is 0 Å². The predicted octanol–water partition coefficient (Wildman–Crippen LogP) is 3.60. The van der Waals surface area contributed by atoms with Crippen molar-refractivity contribution >= 4 is 33.3 Å². The minimum absolute atomic E-state index is 0.0292. The molecule has 0 aliphatic rings. The SMILES string of the molecule is NC(=O)c1c(Nc2cnccn2)n[nH]c1-c1ccc(NS(=O)(=O)C(F)F)c(Oc2ccc(F)cc2)c1. The number of nitrogens with two attached hydrogens (primary N) is 1. The molecule has 2 heterocycles. The summed E-state index contributed by atoms with van der Waals surface area (Å²) in [5.74, 6) is -4.97. The number of amides is 1. The smallest absolute Gasteiger partial charge is 0.355 e. The highest BCUT2D eigenvalue weighted by Gasteiger charge is 2.26. The van der Waals surface area contributed by atoms with Crippen molar-refractivity contribution in [2.24, 2.45) is 5.73 Å². The summed E-state index contributed by atoms with van der Waals surface area (Å²) < 4.78 is 70.1. The number of anilines is 3. The number of aromatic amines is 1. The number of nitrogens with zero attached hydrogens (tertiary/aromatic N) is 3. The van der Waals surface area contributed by atoms with Crippen molar-refractivity contribution in [1.82, 2.24) is 20.2 Å². The fourth-order valence-corrected chi connectivity index (χ4v) is 3.60. The summed E-state index contributed by atoms with van der Waals surface area (Å²) in [4.78, 5) is 20.2. The quantitative estimate of drug-likeness (QED) is 0.260. The molecule has 2 aromatic carbocycles. The third-order valence-electron chi connectivity index (χ3n) is 4.62. The first-order chi connectivity index (χ1) is 17.1. The highest BCUT2D eigenvalue weighted by atomic mass is 32.2. The molecule has 4 aromatic rings. The standard InChI is InChI=1S/C21H16F3N7O4S/c22-12-2-4-13(5-3-12)35-15-9-11(1-6-14(15)31-36(33,34)21(23)24)18-17(19(25)32)20(30-29-18)28-16-10-26-7-8-27-16/h1-10,21,31H,(H2,25,32)(H2,27,28,29,30). The van der Waals surface area contributed by atoms with Gasteiger partial charge in [0, 0.05) is 18.0 Å². The van der Waals surface area contributed by atoms with Crippen LogP contribution < -0.4 is 20.5 Å². The monoisotopic (exact) mass is 519 g/mol. The van der Waals surface area contributed by atoms with Crippen LogP contribution in [-0.4, -0.2) is 40.2 Å². The lowest BCUT2D eigenvalue weighted by Gasteiger charge is -2.15. The molecule has 15 heteroatoms. The van der Waals surface area contributed by atoms with Crippen molar-refractivity contribution in [3.63, 3.8) is 0 Å². The van der Waals surface area contributed by atoms with Crippen LogP contribution in [0, 0.1) is 5.82 Å². The molecule has 0 aliphatic carbocycles. The van der Waals surface area contributed by atoms with E-state index >= 15 is 0 Å². The molecule has 4 rings (SSSR count). The Morgan fingerprint density at radius 3 is 2.50 bits per heavy atom. The number of hydrogen-bond acceptors (Lipinski definition) is 8. The first-order valence-corrected chi connectivity index (χ1v) is 11.5. The Hall–Kier alpha value is -4.66. The van der Waals surface area contributed by atoms with E-state index in [2.05, 4.69) is 25.5 Å². The van der Waals surface area contributed by atoms with Crippen molar-refractivity contribution < 1.29 is 31.1 Å². The molecule has 0 atom stereocenters. The highest BCUT2D eigenvalue weighted by molar-refractivity contribution is 7.93. The zero-order valence-electron chi connectivity index (χ0n) is 17.9. The average Bonchev–Trinajstić information content (AvgIpc) is 3.26. The summed E-state index contributed by atoms with van der Waals surface area (Å²) in [5, 5.41) is 9.49. The molecule has 0 saturated carbocycles. The van der Waals surface area contributed by atoms with Crippen LogP contribution >= 0.6 is 0 Å². The summed E-state index contributed by atoms with van der Waals surface area (Å²) >= 11 is 0. The maximum absolute atomic E-state index is 13.3. The number of H-pyrrole nitrogens is 1. The number of aromatic nitrogens is 4. The van der Waals surface area contributed by atoms with Gasteiger partial charge in [0.25, 0.3) is 15.9 Å². The van der Waals surface area contributed by atoms with E-state index in [1.807, 2.05) is 0 Å². The van der Waals surface area contributed by atoms with Gasteiger partial charge >= 0.3 is 5.76 Å². The molecule has 1 amide bonds. The Bertz CT molecular complexity index is 1500. The molecule has 186 valence electrons. The number of halogens is 3. The summed E-state index contributed by atoms with van der Waals surface area (Å²) in [7, 11) is -5.04.